The number of aromatic nitrogens is 5. The molecule has 11 nitrogen and oxygen atoms in total. The molecule has 174 valence electrons. The van der Waals surface area contributed by atoms with Gasteiger partial charge in [-0.15, -0.1) is 0 Å². The second-order valence-electron chi connectivity index (χ2n) is 7.75. The van der Waals surface area contributed by atoms with E-state index in [0.29, 0.717) is 36.1 Å². The first-order valence-electron chi connectivity index (χ1n) is 10.5. The Morgan fingerprint density at radius 1 is 1.33 bits per heavy atom. The van der Waals surface area contributed by atoms with E-state index in [9.17, 15) is 9.00 Å². The van der Waals surface area contributed by atoms with Gasteiger partial charge in [-0.05, 0) is 37.3 Å². The molecule has 1 fully saturated rings. The van der Waals surface area contributed by atoms with Gasteiger partial charge in [0.15, 0.2) is 0 Å². The molecule has 0 amide bonds. The third kappa shape index (κ3) is 5.97. The molecule has 1 aliphatic carbocycles. The number of pyridine rings is 1. The fraction of sp³-hybridized carbons (Fsp3) is 0.381. The number of hydrogen-bond donors (Lipinski definition) is 2. The molecule has 3 aromatic rings. The number of nitrogens with zero attached hydrogens (tertiary/aromatic N) is 5. The van der Waals surface area contributed by atoms with Crippen LogP contribution in [-0.4, -0.2) is 54.5 Å². The highest BCUT2D eigenvalue weighted by Crippen LogP contribution is 2.29. The topological polar surface area (TPSA) is 147 Å². The summed E-state index contributed by atoms with van der Waals surface area (Å²) in [5, 5.41) is 12.9. The van der Waals surface area contributed by atoms with Gasteiger partial charge in [0.25, 0.3) is 0 Å². The quantitative estimate of drug-likeness (QED) is 0.420. The Labute approximate surface area is 193 Å². The van der Waals surface area contributed by atoms with Gasteiger partial charge in [-0.2, -0.15) is 5.10 Å². The highest BCUT2D eigenvalue weighted by Gasteiger charge is 2.27. The van der Waals surface area contributed by atoms with Crippen LogP contribution in [0, 0.1) is 5.92 Å². The molecule has 4 rings (SSSR count). The number of rotatable bonds is 10. The van der Waals surface area contributed by atoms with Crippen molar-refractivity contribution in [2.75, 3.05) is 19.0 Å². The van der Waals surface area contributed by atoms with E-state index in [2.05, 4.69) is 25.4 Å². The minimum atomic E-state index is -1.76. The van der Waals surface area contributed by atoms with Gasteiger partial charge in [0.1, 0.15) is 17.8 Å². The lowest BCUT2D eigenvalue weighted by Gasteiger charge is -2.15. The molecule has 3 atom stereocenters. The van der Waals surface area contributed by atoms with Crippen molar-refractivity contribution in [3.8, 4) is 5.88 Å². The SMILES string of the molecule is COc1cccc(Cn2ccc(C(=O)c3cncnc3NC3CCC(COS(N)=O)C3)n2)n1. The van der Waals surface area contributed by atoms with E-state index in [0.717, 1.165) is 25.0 Å². The summed E-state index contributed by atoms with van der Waals surface area (Å²) in [5.41, 5.74) is 1.41. The molecule has 0 spiro atoms. The first kappa shape index (κ1) is 23.0. The maximum Gasteiger partial charge on any atom is 0.231 e. The van der Waals surface area contributed by atoms with Crippen molar-refractivity contribution in [3.05, 3.63) is 59.9 Å². The number of hydrogen-bond acceptors (Lipinski definition) is 9. The zero-order valence-electron chi connectivity index (χ0n) is 18.1. The highest BCUT2D eigenvalue weighted by molar-refractivity contribution is 7.77. The van der Waals surface area contributed by atoms with Gasteiger partial charge in [0.05, 0.1) is 31.5 Å². The lowest BCUT2D eigenvalue weighted by Crippen LogP contribution is -2.21. The lowest BCUT2D eigenvalue weighted by atomic mass is 10.1. The van der Waals surface area contributed by atoms with Crippen LogP contribution in [0.25, 0.3) is 0 Å². The molecule has 0 radical (unpaired) electrons. The average molecular weight is 472 g/mol. The van der Waals surface area contributed by atoms with Crippen LogP contribution < -0.4 is 15.2 Å². The normalized spacial score (nSPS) is 18.7. The van der Waals surface area contributed by atoms with Gasteiger partial charge in [0.2, 0.25) is 22.9 Å². The number of nitrogens with two attached hydrogens (primary N) is 1. The van der Waals surface area contributed by atoms with Crippen molar-refractivity contribution >= 4 is 22.9 Å². The summed E-state index contributed by atoms with van der Waals surface area (Å²) in [6.45, 7) is 0.746. The second kappa shape index (κ2) is 10.6. The summed E-state index contributed by atoms with van der Waals surface area (Å²) >= 11 is -1.76. The molecule has 12 heteroatoms. The number of carbonyl (C=O) groups excluding carboxylic acids is 1. The Morgan fingerprint density at radius 3 is 3.03 bits per heavy atom. The molecule has 3 aromatic heterocycles. The molecule has 0 aliphatic heterocycles. The summed E-state index contributed by atoms with van der Waals surface area (Å²) in [7, 11) is 1.56. The van der Waals surface area contributed by atoms with Gasteiger partial charge in [-0.25, -0.2) is 24.3 Å². The number of ether oxygens (including phenoxy) is 1. The smallest absolute Gasteiger partial charge is 0.231 e. The summed E-state index contributed by atoms with van der Waals surface area (Å²) < 4.78 is 22.8. The van der Waals surface area contributed by atoms with Crippen molar-refractivity contribution in [1.29, 1.82) is 0 Å². The van der Waals surface area contributed by atoms with Gasteiger partial charge in [-0.3, -0.25) is 13.7 Å². The van der Waals surface area contributed by atoms with Crippen LogP contribution in [0.2, 0.25) is 0 Å². The summed E-state index contributed by atoms with van der Waals surface area (Å²) in [5.74, 6) is 0.960. The largest absolute Gasteiger partial charge is 0.481 e. The van der Waals surface area contributed by atoms with Gasteiger partial charge in [-0.1, -0.05) is 6.07 Å². The van der Waals surface area contributed by atoms with Crippen LogP contribution in [0.15, 0.2) is 43.0 Å². The van der Waals surface area contributed by atoms with E-state index in [1.165, 1.54) is 12.5 Å². The standard InChI is InChI=1S/C21H25N7O4S/c1-31-19-4-2-3-16(25-19)11-28-8-7-18(27-28)20(29)17-10-23-13-24-21(17)26-15-6-5-14(9-15)12-32-33(22)30/h2-4,7-8,10,13-15H,5-6,9,11-12,22H2,1H3,(H,23,24,26). The predicted molar refractivity (Wildman–Crippen MR) is 121 cm³/mol. The highest BCUT2D eigenvalue weighted by atomic mass is 32.2. The minimum Gasteiger partial charge on any atom is -0.481 e. The molecule has 1 saturated carbocycles. The third-order valence-electron chi connectivity index (χ3n) is 5.45. The first-order valence-corrected chi connectivity index (χ1v) is 11.6. The van der Waals surface area contributed by atoms with Crippen molar-refractivity contribution in [2.45, 2.75) is 31.8 Å². The molecular weight excluding hydrogens is 446 g/mol. The number of methoxy groups -OCH3 is 1. The van der Waals surface area contributed by atoms with Crippen molar-refractivity contribution in [3.63, 3.8) is 0 Å². The molecule has 0 saturated heterocycles. The third-order valence-corrected chi connectivity index (χ3v) is 5.81. The maximum absolute atomic E-state index is 13.1. The lowest BCUT2D eigenvalue weighted by molar-refractivity contribution is 0.103. The predicted octanol–water partition coefficient (Wildman–Crippen LogP) is 1.49. The van der Waals surface area contributed by atoms with Crippen LogP contribution in [0.3, 0.4) is 0 Å². The van der Waals surface area contributed by atoms with E-state index >= 15 is 0 Å². The summed E-state index contributed by atoms with van der Waals surface area (Å²) in [6, 6.07) is 7.26. The second-order valence-corrected chi connectivity index (χ2v) is 8.51. The van der Waals surface area contributed by atoms with Gasteiger partial charge >= 0.3 is 0 Å². The Kier molecular flexibility index (Phi) is 7.37. The Bertz CT molecular complexity index is 1140. The molecule has 0 bridgehead atoms. The van der Waals surface area contributed by atoms with Crippen molar-refractivity contribution < 1.29 is 17.9 Å². The maximum atomic E-state index is 13.1. The van der Waals surface area contributed by atoms with Crippen LogP contribution in [0.5, 0.6) is 5.88 Å². The number of carbonyl (C=O) groups is 1. The van der Waals surface area contributed by atoms with Crippen LogP contribution in [0.4, 0.5) is 5.82 Å². The minimum absolute atomic E-state index is 0.114. The molecule has 3 unspecified atom stereocenters. The average Bonchev–Trinajstić information content (AvgIpc) is 3.47. The van der Waals surface area contributed by atoms with Crippen molar-refractivity contribution in [1.82, 2.24) is 24.7 Å². The number of ketones is 1. The molecule has 0 aromatic carbocycles. The number of anilines is 1. The fourth-order valence-corrected chi connectivity index (χ4v) is 4.19. The fourth-order valence-electron chi connectivity index (χ4n) is 3.86. The Balaban J connectivity index is 1.43. The van der Waals surface area contributed by atoms with E-state index in [4.69, 9.17) is 14.1 Å². The van der Waals surface area contributed by atoms with E-state index < -0.39 is 11.3 Å². The molecule has 1 aliphatic rings. The zero-order chi connectivity index (χ0) is 23.2. The molecule has 3 N–H and O–H groups in total. The molecule has 3 heterocycles. The van der Waals surface area contributed by atoms with Gasteiger partial charge < -0.3 is 10.1 Å². The van der Waals surface area contributed by atoms with Crippen LogP contribution in [0.1, 0.15) is 41.0 Å². The van der Waals surface area contributed by atoms with Crippen molar-refractivity contribution in [2.24, 2.45) is 11.1 Å². The van der Waals surface area contributed by atoms with E-state index in [1.54, 1.807) is 30.1 Å². The number of nitrogens with one attached hydrogen (secondary N) is 1. The molecule has 33 heavy (non-hydrogen) atoms. The van der Waals surface area contributed by atoms with Gasteiger partial charge in [0, 0.05) is 24.5 Å². The first-order chi connectivity index (χ1) is 16.0. The monoisotopic (exact) mass is 471 g/mol. The zero-order valence-corrected chi connectivity index (χ0v) is 18.9. The Hall–Kier alpha value is -3.22. The van der Waals surface area contributed by atoms with E-state index in [1.807, 2.05) is 12.1 Å². The Morgan fingerprint density at radius 2 is 2.21 bits per heavy atom. The van der Waals surface area contributed by atoms with Crippen LogP contribution >= 0.6 is 0 Å². The summed E-state index contributed by atoms with van der Waals surface area (Å²) in [4.78, 5) is 25.8. The van der Waals surface area contributed by atoms with E-state index in [-0.39, 0.29) is 17.7 Å². The summed E-state index contributed by atoms with van der Waals surface area (Å²) in [6.07, 6.45) is 7.22. The molecular formula is C21H25N7O4S. The van der Waals surface area contributed by atoms with Crippen LogP contribution in [-0.2, 0) is 22.0 Å².